The summed E-state index contributed by atoms with van der Waals surface area (Å²) in [5, 5.41) is 0. The van der Waals surface area contributed by atoms with E-state index in [1.54, 1.807) is 0 Å². The van der Waals surface area contributed by atoms with Gasteiger partial charge in [-0.2, -0.15) is 0 Å². The third-order valence-electron chi connectivity index (χ3n) is 0. The van der Waals surface area contributed by atoms with Gasteiger partial charge in [0, 0.05) is 0 Å². The van der Waals surface area contributed by atoms with Crippen molar-refractivity contribution < 1.29 is 14.1 Å². The molecule has 0 spiro atoms. The zero-order valence-electron chi connectivity index (χ0n) is 1.80. The van der Waals surface area contributed by atoms with Gasteiger partial charge in [-0.05, 0) is 0 Å². The molecular formula is H10AlCaMgNaO3Si. The molecule has 40 valence electrons. The Morgan fingerprint density at radius 3 is 1.25 bits per heavy atom. The molecule has 0 radical (unpaired) electrons. The number of hydrogen-bond acceptors (Lipinski definition) is 1. The Hall–Kier alpha value is 3.18. The first-order valence-corrected chi connectivity index (χ1v) is 1.95. The Morgan fingerprint density at radius 1 is 1.25 bits per heavy atom. The van der Waals surface area contributed by atoms with E-state index in [1.807, 2.05) is 0 Å². The molecule has 0 heterocycles. The Balaban J connectivity index is -0.00000000750. The average molecular weight is 201 g/mol. The molecule has 0 rings (SSSR count). The minimum absolute atomic E-state index is 0. The van der Waals surface area contributed by atoms with Crippen LogP contribution in [0.3, 0.4) is 0 Å². The zero-order valence-corrected chi connectivity index (χ0v) is 2.80. The van der Waals surface area contributed by atoms with E-state index in [2.05, 4.69) is 0 Å². The molecule has 8 heavy (non-hydrogen) atoms. The normalized spacial score (nSPS) is 3.00. The summed E-state index contributed by atoms with van der Waals surface area (Å²) in [6.45, 7) is 0. The van der Waals surface area contributed by atoms with E-state index in [9.17, 15) is 0 Å². The third kappa shape index (κ3) is 60.8. The van der Waals surface area contributed by atoms with Gasteiger partial charge < -0.3 is 9.59 Å². The molecule has 0 aromatic heterocycles. The minimum atomic E-state index is -3.13. The predicted octanol–water partition coefficient (Wildman–Crippen LogP) is -5.28. The fraction of sp³-hybridized carbons (Fsp3) is 0. The Bertz CT molecular complexity index is 42.3. The van der Waals surface area contributed by atoms with Gasteiger partial charge in [-0.3, -0.25) is 4.46 Å². The first-order chi connectivity index (χ1) is 1.73. The van der Waals surface area contributed by atoms with Crippen LogP contribution in [-0.2, 0) is 4.46 Å². The van der Waals surface area contributed by atoms with Crippen LogP contribution in [0.5, 0.6) is 0 Å². The molecular weight excluding hydrogens is 190 g/mol. The summed E-state index contributed by atoms with van der Waals surface area (Å²) in [4.78, 5) is 14.3. The molecule has 0 bridgehead atoms. The van der Waals surface area contributed by atoms with Gasteiger partial charge >= 0.3 is 99.5 Å². The van der Waals surface area contributed by atoms with Gasteiger partial charge in [-0.15, -0.1) is 0 Å². The van der Waals surface area contributed by atoms with Crippen LogP contribution in [0, 0.1) is 0 Å². The van der Waals surface area contributed by atoms with Crippen molar-refractivity contribution in [2.75, 3.05) is 0 Å². The van der Waals surface area contributed by atoms with E-state index in [0.29, 0.717) is 0 Å². The van der Waals surface area contributed by atoms with E-state index in [1.165, 1.54) is 0 Å². The molecule has 0 aliphatic rings. The van der Waals surface area contributed by atoms with Crippen LogP contribution in [0.25, 0.3) is 0 Å². The van der Waals surface area contributed by atoms with Crippen LogP contribution < -0.4 is 0 Å². The molecule has 3 nitrogen and oxygen atoms in total. The fourth-order valence-electron chi connectivity index (χ4n) is 0. The fourth-order valence-corrected chi connectivity index (χ4v) is 0. The quantitative estimate of drug-likeness (QED) is 0.384. The monoisotopic (exact) mass is 200 g/mol. The summed E-state index contributed by atoms with van der Waals surface area (Å²) < 4.78 is 8.74. The molecule has 0 amide bonds. The van der Waals surface area contributed by atoms with Crippen molar-refractivity contribution in [3.8, 4) is 0 Å². The van der Waals surface area contributed by atoms with Crippen LogP contribution in [-0.4, -0.2) is 126 Å². The average Bonchev–Trinajstić information content (AvgIpc) is 0.811. The van der Waals surface area contributed by atoms with Gasteiger partial charge in [-0.25, -0.2) is 0 Å². The van der Waals surface area contributed by atoms with E-state index < -0.39 is 9.17 Å². The van der Waals surface area contributed by atoms with Crippen molar-refractivity contribution in [1.29, 1.82) is 0 Å². The van der Waals surface area contributed by atoms with Crippen LogP contribution in [0.2, 0.25) is 0 Å². The van der Waals surface area contributed by atoms with Crippen molar-refractivity contribution in [1.82, 2.24) is 0 Å². The van der Waals surface area contributed by atoms with Gasteiger partial charge in [0.25, 0.3) is 0 Å². The predicted molar refractivity (Wildman–Crippen MR) is 45.1 cm³/mol. The van der Waals surface area contributed by atoms with Crippen molar-refractivity contribution in [3.05, 3.63) is 0 Å². The Morgan fingerprint density at radius 2 is 1.25 bits per heavy atom. The third-order valence-corrected chi connectivity index (χ3v) is 0. The molecule has 2 N–H and O–H groups in total. The molecule has 0 unspecified atom stereocenters. The molecule has 0 aliphatic heterocycles. The summed E-state index contributed by atoms with van der Waals surface area (Å²) in [6, 6.07) is 0. The SMILES string of the molecule is O=[Si](O)O.[AlH3].[CaH2].[MgH2].[NaH]. The summed E-state index contributed by atoms with van der Waals surface area (Å²) in [7, 11) is -3.13. The zero-order chi connectivity index (χ0) is 3.58. The van der Waals surface area contributed by atoms with E-state index in [4.69, 9.17) is 14.1 Å². The first-order valence-electron chi connectivity index (χ1n) is 0.651. The molecule has 0 aliphatic carbocycles. The van der Waals surface area contributed by atoms with Gasteiger partial charge in [-0.1, -0.05) is 0 Å². The van der Waals surface area contributed by atoms with Gasteiger partial charge in [0.1, 0.15) is 0 Å². The van der Waals surface area contributed by atoms with Gasteiger partial charge in [0.15, 0.2) is 17.4 Å². The van der Waals surface area contributed by atoms with Crippen LogP contribution in [0.15, 0.2) is 0 Å². The molecule has 0 aromatic rings. The Kier molecular flexibility index (Phi) is 85.2. The second-order valence-corrected chi connectivity index (χ2v) is 0.848. The van der Waals surface area contributed by atoms with Crippen molar-refractivity contribution in [2.45, 2.75) is 0 Å². The molecule has 0 saturated carbocycles. The molecule has 0 aromatic carbocycles. The molecule has 0 fully saturated rings. The van der Waals surface area contributed by atoms with E-state index >= 15 is 0 Å². The second-order valence-electron chi connectivity index (χ2n) is 0.283. The van der Waals surface area contributed by atoms with Crippen molar-refractivity contribution in [2.24, 2.45) is 0 Å². The molecule has 0 atom stereocenters. The molecule has 8 heteroatoms. The van der Waals surface area contributed by atoms with Crippen LogP contribution in [0.4, 0.5) is 0 Å². The van der Waals surface area contributed by atoms with Crippen molar-refractivity contribution >= 4 is 117 Å². The summed E-state index contributed by atoms with van der Waals surface area (Å²) in [5.74, 6) is 0. The number of rotatable bonds is 0. The maximum absolute atomic E-state index is 8.74. The van der Waals surface area contributed by atoms with E-state index in [-0.39, 0.29) is 108 Å². The Labute approximate surface area is 128 Å². The molecule has 0 saturated heterocycles. The number of hydrogen-bond donors (Lipinski definition) is 2. The summed E-state index contributed by atoms with van der Waals surface area (Å²) in [5.41, 5.74) is 0. The van der Waals surface area contributed by atoms with Gasteiger partial charge in [0.05, 0.1) is 0 Å². The van der Waals surface area contributed by atoms with Crippen LogP contribution >= 0.6 is 0 Å². The van der Waals surface area contributed by atoms with Crippen LogP contribution in [0.1, 0.15) is 0 Å². The van der Waals surface area contributed by atoms with Gasteiger partial charge in [0.2, 0.25) is 0 Å². The summed E-state index contributed by atoms with van der Waals surface area (Å²) in [6.07, 6.45) is 0. The van der Waals surface area contributed by atoms with E-state index in [0.717, 1.165) is 0 Å². The topological polar surface area (TPSA) is 57.5 Å². The second kappa shape index (κ2) is 22.5. The summed E-state index contributed by atoms with van der Waals surface area (Å²) >= 11 is 0. The van der Waals surface area contributed by atoms with Crippen molar-refractivity contribution in [3.63, 3.8) is 0 Å². The standard InChI is InChI=1S/Al.Ca.Mg.Na.H2O3Si.8H/c;;;;1-4(2)3;;;;;;;;/h;;;;1-2H;;;;;;;;. The first kappa shape index (κ1) is 30.3. The maximum atomic E-state index is 8.74.